The summed E-state index contributed by atoms with van der Waals surface area (Å²) in [6, 6.07) is 2.27. The van der Waals surface area contributed by atoms with E-state index in [0.29, 0.717) is 5.69 Å². The molecular formula is C7H4BrF3IN. The van der Waals surface area contributed by atoms with Gasteiger partial charge in [0.1, 0.15) is 0 Å². The highest BCUT2D eigenvalue weighted by atomic mass is 127. The molecule has 0 aromatic heterocycles. The molecule has 0 aliphatic carbocycles. The molecule has 13 heavy (non-hydrogen) atoms. The Balaban J connectivity index is 3.32. The number of hydrogen-bond acceptors (Lipinski definition) is 1. The van der Waals surface area contributed by atoms with Crippen molar-refractivity contribution in [3.8, 4) is 0 Å². The fourth-order valence-electron chi connectivity index (χ4n) is 0.779. The van der Waals surface area contributed by atoms with Gasteiger partial charge in [-0.3, -0.25) is 0 Å². The summed E-state index contributed by atoms with van der Waals surface area (Å²) in [6.07, 6.45) is -4.33. The molecule has 0 radical (unpaired) electrons. The number of nitrogens with two attached hydrogens (primary N) is 1. The summed E-state index contributed by atoms with van der Waals surface area (Å²) >= 11 is 4.55. The molecule has 0 aliphatic rings. The summed E-state index contributed by atoms with van der Waals surface area (Å²) in [5, 5.41) is 0. The molecule has 1 rings (SSSR count). The number of anilines is 1. The molecule has 0 amide bonds. The van der Waals surface area contributed by atoms with E-state index in [1.165, 1.54) is 6.07 Å². The predicted molar refractivity (Wildman–Crippen MR) is 56.3 cm³/mol. The van der Waals surface area contributed by atoms with Gasteiger partial charge in [0, 0.05) is 13.7 Å². The van der Waals surface area contributed by atoms with Gasteiger partial charge in [-0.05, 0) is 50.7 Å². The zero-order valence-electron chi connectivity index (χ0n) is 6.12. The van der Waals surface area contributed by atoms with E-state index in [1.807, 2.05) is 0 Å². The molecule has 0 aliphatic heterocycles. The summed E-state index contributed by atoms with van der Waals surface area (Å²) in [5.74, 6) is 0. The van der Waals surface area contributed by atoms with Crippen LogP contribution in [0.15, 0.2) is 16.6 Å². The molecule has 1 aromatic rings. The van der Waals surface area contributed by atoms with Gasteiger partial charge in [0.2, 0.25) is 0 Å². The second-order valence-corrected chi connectivity index (χ2v) is 4.37. The van der Waals surface area contributed by atoms with E-state index in [1.54, 1.807) is 22.6 Å². The minimum atomic E-state index is -4.33. The minimum Gasteiger partial charge on any atom is -0.398 e. The maximum atomic E-state index is 12.3. The topological polar surface area (TPSA) is 26.0 Å². The number of nitrogen functional groups attached to an aromatic ring is 1. The van der Waals surface area contributed by atoms with Crippen molar-refractivity contribution in [1.82, 2.24) is 0 Å². The van der Waals surface area contributed by atoms with Gasteiger partial charge in [-0.25, -0.2) is 0 Å². The number of alkyl halides is 3. The van der Waals surface area contributed by atoms with Crippen LogP contribution in [0.25, 0.3) is 0 Å². The van der Waals surface area contributed by atoms with Gasteiger partial charge in [-0.15, -0.1) is 0 Å². The third-order valence-corrected chi connectivity index (χ3v) is 2.97. The van der Waals surface area contributed by atoms with Crippen LogP contribution in [0.1, 0.15) is 5.56 Å². The molecule has 0 unspecified atom stereocenters. The highest BCUT2D eigenvalue weighted by Crippen LogP contribution is 2.36. The fourth-order valence-corrected chi connectivity index (χ4v) is 1.92. The lowest BCUT2D eigenvalue weighted by atomic mass is 10.2. The van der Waals surface area contributed by atoms with Crippen LogP contribution in [0.2, 0.25) is 0 Å². The van der Waals surface area contributed by atoms with Gasteiger partial charge in [-0.1, -0.05) is 0 Å². The first-order valence-corrected chi connectivity index (χ1v) is 5.01. The molecule has 6 heteroatoms. The molecule has 1 aromatic carbocycles. The van der Waals surface area contributed by atoms with Gasteiger partial charge in [0.05, 0.1) is 5.56 Å². The van der Waals surface area contributed by atoms with Crippen LogP contribution in [0.3, 0.4) is 0 Å². The molecule has 0 saturated carbocycles. The predicted octanol–water partition coefficient (Wildman–Crippen LogP) is 3.65. The monoisotopic (exact) mass is 365 g/mol. The Hall–Kier alpha value is 0.0200. The molecule has 1 nitrogen and oxygen atoms in total. The Morgan fingerprint density at radius 1 is 1.31 bits per heavy atom. The number of benzene rings is 1. The van der Waals surface area contributed by atoms with Gasteiger partial charge in [0.25, 0.3) is 0 Å². The minimum absolute atomic E-state index is 0.103. The Labute approximate surface area is 94.8 Å². The highest BCUT2D eigenvalue weighted by molar-refractivity contribution is 14.1. The number of halogens is 5. The lowest BCUT2D eigenvalue weighted by molar-refractivity contribution is -0.138. The molecular weight excluding hydrogens is 362 g/mol. The first-order valence-electron chi connectivity index (χ1n) is 3.14. The first kappa shape index (κ1) is 11.1. The van der Waals surface area contributed by atoms with E-state index in [9.17, 15) is 13.2 Å². The lowest BCUT2D eigenvalue weighted by Crippen LogP contribution is -2.08. The van der Waals surface area contributed by atoms with Gasteiger partial charge in [0.15, 0.2) is 0 Å². The van der Waals surface area contributed by atoms with Crippen molar-refractivity contribution in [3.05, 3.63) is 25.7 Å². The van der Waals surface area contributed by atoms with Crippen LogP contribution >= 0.6 is 38.5 Å². The van der Waals surface area contributed by atoms with E-state index in [-0.39, 0.29) is 8.04 Å². The van der Waals surface area contributed by atoms with Crippen molar-refractivity contribution in [1.29, 1.82) is 0 Å². The van der Waals surface area contributed by atoms with Gasteiger partial charge >= 0.3 is 6.18 Å². The second kappa shape index (κ2) is 3.64. The van der Waals surface area contributed by atoms with E-state index >= 15 is 0 Å². The Kier molecular flexibility index (Phi) is 3.11. The molecule has 0 heterocycles. The molecule has 0 fully saturated rings. The van der Waals surface area contributed by atoms with Crippen LogP contribution in [-0.4, -0.2) is 0 Å². The van der Waals surface area contributed by atoms with E-state index < -0.39 is 11.7 Å². The highest BCUT2D eigenvalue weighted by Gasteiger charge is 2.33. The molecule has 0 spiro atoms. The van der Waals surface area contributed by atoms with Crippen molar-refractivity contribution < 1.29 is 13.2 Å². The van der Waals surface area contributed by atoms with Crippen LogP contribution in [-0.2, 0) is 6.18 Å². The summed E-state index contributed by atoms with van der Waals surface area (Å²) in [5.41, 5.74) is 5.04. The molecule has 72 valence electrons. The van der Waals surface area contributed by atoms with Gasteiger partial charge < -0.3 is 5.73 Å². The quantitative estimate of drug-likeness (QED) is 0.551. The molecule has 0 saturated heterocycles. The van der Waals surface area contributed by atoms with E-state index in [0.717, 1.165) is 6.07 Å². The maximum Gasteiger partial charge on any atom is 0.417 e. The average Bonchev–Trinajstić information content (AvgIpc) is 1.94. The SMILES string of the molecule is Nc1cc(I)c(C(F)(F)F)cc1Br. The number of rotatable bonds is 0. The molecule has 0 bridgehead atoms. The first-order chi connectivity index (χ1) is 5.82. The average molecular weight is 366 g/mol. The third-order valence-electron chi connectivity index (χ3n) is 1.39. The maximum absolute atomic E-state index is 12.3. The second-order valence-electron chi connectivity index (χ2n) is 2.35. The fraction of sp³-hybridized carbons (Fsp3) is 0.143. The summed E-state index contributed by atoms with van der Waals surface area (Å²) in [6.45, 7) is 0. The number of hydrogen-bond donors (Lipinski definition) is 1. The summed E-state index contributed by atoms with van der Waals surface area (Å²) in [7, 11) is 0. The molecule has 2 N–H and O–H groups in total. The lowest BCUT2D eigenvalue weighted by Gasteiger charge is -2.10. The largest absolute Gasteiger partial charge is 0.417 e. The summed E-state index contributed by atoms with van der Waals surface area (Å²) in [4.78, 5) is 0. The third kappa shape index (κ3) is 2.49. The smallest absolute Gasteiger partial charge is 0.398 e. The van der Waals surface area contributed by atoms with Crippen LogP contribution in [0.4, 0.5) is 18.9 Å². The van der Waals surface area contributed by atoms with Crippen LogP contribution < -0.4 is 5.73 Å². The standard InChI is InChI=1S/C7H4BrF3IN/c8-4-1-3(7(9,10)11)5(12)2-6(4)13/h1-2H,13H2. The van der Waals surface area contributed by atoms with Crippen molar-refractivity contribution in [2.24, 2.45) is 0 Å². The Morgan fingerprint density at radius 2 is 1.85 bits per heavy atom. The van der Waals surface area contributed by atoms with Crippen molar-refractivity contribution in [2.75, 3.05) is 5.73 Å². The van der Waals surface area contributed by atoms with Crippen molar-refractivity contribution in [3.63, 3.8) is 0 Å². The zero-order valence-corrected chi connectivity index (χ0v) is 9.87. The summed E-state index contributed by atoms with van der Waals surface area (Å²) < 4.78 is 37.2. The van der Waals surface area contributed by atoms with Crippen molar-refractivity contribution >= 4 is 44.2 Å². The van der Waals surface area contributed by atoms with E-state index in [4.69, 9.17) is 5.73 Å². The molecule has 0 atom stereocenters. The Morgan fingerprint density at radius 3 is 2.31 bits per heavy atom. The van der Waals surface area contributed by atoms with Crippen molar-refractivity contribution in [2.45, 2.75) is 6.18 Å². The Bertz CT molecular complexity index is 337. The van der Waals surface area contributed by atoms with E-state index in [2.05, 4.69) is 15.9 Å². The zero-order chi connectivity index (χ0) is 10.2. The van der Waals surface area contributed by atoms with Crippen LogP contribution in [0.5, 0.6) is 0 Å². The van der Waals surface area contributed by atoms with Crippen LogP contribution in [0, 0.1) is 3.57 Å². The normalized spacial score (nSPS) is 11.8. The van der Waals surface area contributed by atoms with Gasteiger partial charge in [-0.2, -0.15) is 13.2 Å².